The van der Waals surface area contributed by atoms with E-state index in [1.165, 1.54) is 98.0 Å². The maximum Gasteiger partial charge on any atom is 0.143 e. The first kappa shape index (κ1) is 30.3. The van der Waals surface area contributed by atoms with Crippen LogP contribution in [-0.2, 0) is 0 Å². The van der Waals surface area contributed by atoms with Crippen molar-refractivity contribution in [1.29, 1.82) is 0 Å². The van der Waals surface area contributed by atoms with Crippen molar-refractivity contribution in [3.8, 4) is 33.4 Å². The Morgan fingerprint density at radius 2 is 0.800 bits per heavy atom. The van der Waals surface area contributed by atoms with Crippen LogP contribution in [0.3, 0.4) is 0 Å². The van der Waals surface area contributed by atoms with Gasteiger partial charge in [0.2, 0.25) is 0 Å². The average molecular weight is 697 g/mol. The van der Waals surface area contributed by atoms with Crippen molar-refractivity contribution in [3.63, 3.8) is 0 Å². The molecule has 0 aliphatic carbocycles. The number of hydrogen-bond acceptors (Lipinski definition) is 1. The molecule has 0 radical (unpaired) electrons. The molecule has 0 aliphatic heterocycles. The predicted molar refractivity (Wildman–Crippen MR) is 235 cm³/mol. The maximum atomic E-state index is 6.84. The summed E-state index contributed by atoms with van der Waals surface area (Å²) in [4.78, 5) is 0. The fraction of sp³-hybridized carbons (Fsp3) is 0. The van der Waals surface area contributed by atoms with Crippen molar-refractivity contribution in [2.45, 2.75) is 0 Å². The van der Waals surface area contributed by atoms with Crippen molar-refractivity contribution in [3.05, 3.63) is 194 Å². The standard InChI is InChI=1S/C54H32O/c1-2-13-33(14-3-1)34-25-27-37-35(31-34)15-12-24-41(37)52-45-22-10-8-20-43(45)51(44-21-9-11-23-46(44)52)36-26-30-50-49(32-36)48-29-28-47-40-18-5-4-16-38(40)39-17-6-7-19-42(39)53(47)54(48)55-50/h1-32H. The van der Waals surface area contributed by atoms with Crippen LogP contribution in [0.2, 0.25) is 0 Å². The van der Waals surface area contributed by atoms with E-state index in [0.717, 1.165) is 21.9 Å². The van der Waals surface area contributed by atoms with Gasteiger partial charge in [-0.3, -0.25) is 0 Å². The smallest absolute Gasteiger partial charge is 0.143 e. The van der Waals surface area contributed by atoms with Crippen LogP contribution in [0.4, 0.5) is 0 Å². The van der Waals surface area contributed by atoms with E-state index in [9.17, 15) is 0 Å². The van der Waals surface area contributed by atoms with E-state index >= 15 is 0 Å². The third-order valence-electron chi connectivity index (χ3n) is 11.8. The van der Waals surface area contributed by atoms with Gasteiger partial charge in [0.25, 0.3) is 0 Å². The summed E-state index contributed by atoms with van der Waals surface area (Å²) < 4.78 is 6.84. The van der Waals surface area contributed by atoms with Crippen LogP contribution in [0.25, 0.3) is 120 Å². The summed E-state index contributed by atoms with van der Waals surface area (Å²) in [7, 11) is 0. The van der Waals surface area contributed by atoms with E-state index < -0.39 is 0 Å². The lowest BCUT2D eigenvalue weighted by molar-refractivity contribution is 0.673. The van der Waals surface area contributed by atoms with Crippen LogP contribution in [0.5, 0.6) is 0 Å². The summed E-state index contributed by atoms with van der Waals surface area (Å²) in [6.45, 7) is 0. The van der Waals surface area contributed by atoms with Crippen LogP contribution >= 0.6 is 0 Å². The Hall–Kier alpha value is -7.22. The number of fused-ring (bicyclic) bond motifs is 13. The normalized spacial score (nSPS) is 12.0. The molecule has 1 heteroatoms. The zero-order valence-corrected chi connectivity index (χ0v) is 29.9. The molecule has 0 saturated carbocycles. The van der Waals surface area contributed by atoms with Crippen molar-refractivity contribution in [2.75, 3.05) is 0 Å². The average Bonchev–Trinajstić information content (AvgIpc) is 3.63. The predicted octanol–water partition coefficient (Wildman–Crippen LogP) is 15.5. The zero-order valence-electron chi connectivity index (χ0n) is 29.9. The lowest BCUT2D eigenvalue weighted by Crippen LogP contribution is -1.91. The second-order valence-corrected chi connectivity index (χ2v) is 14.7. The molecule has 12 rings (SSSR count). The summed E-state index contributed by atoms with van der Waals surface area (Å²) in [6, 6.07) is 70.9. The first-order valence-corrected chi connectivity index (χ1v) is 19.0. The Bertz CT molecular complexity index is 3440. The van der Waals surface area contributed by atoms with Gasteiger partial charge in [0, 0.05) is 16.2 Å². The summed E-state index contributed by atoms with van der Waals surface area (Å²) >= 11 is 0. The minimum Gasteiger partial charge on any atom is -0.455 e. The van der Waals surface area contributed by atoms with Gasteiger partial charge in [0.05, 0.1) is 0 Å². The van der Waals surface area contributed by atoms with Gasteiger partial charge in [-0.05, 0) is 117 Å². The van der Waals surface area contributed by atoms with Crippen LogP contribution in [0.1, 0.15) is 0 Å². The molecule has 0 N–H and O–H groups in total. The lowest BCUT2D eigenvalue weighted by atomic mass is 9.84. The van der Waals surface area contributed by atoms with Gasteiger partial charge in [-0.25, -0.2) is 0 Å². The van der Waals surface area contributed by atoms with Gasteiger partial charge in [-0.1, -0.05) is 170 Å². The zero-order chi connectivity index (χ0) is 36.0. The second-order valence-electron chi connectivity index (χ2n) is 14.7. The topological polar surface area (TPSA) is 13.1 Å². The minimum absolute atomic E-state index is 0.902. The third-order valence-corrected chi connectivity index (χ3v) is 11.8. The molecule has 254 valence electrons. The van der Waals surface area contributed by atoms with Gasteiger partial charge in [-0.2, -0.15) is 0 Å². The molecule has 0 fully saturated rings. The van der Waals surface area contributed by atoms with E-state index in [-0.39, 0.29) is 0 Å². The molecule has 0 unspecified atom stereocenters. The molecule has 0 aliphatic rings. The molecule has 12 aromatic rings. The van der Waals surface area contributed by atoms with Crippen molar-refractivity contribution < 1.29 is 4.42 Å². The highest BCUT2D eigenvalue weighted by Gasteiger charge is 2.20. The molecule has 1 nitrogen and oxygen atoms in total. The van der Waals surface area contributed by atoms with E-state index in [2.05, 4.69) is 194 Å². The molecule has 1 aromatic heterocycles. The van der Waals surface area contributed by atoms with Gasteiger partial charge in [-0.15, -0.1) is 0 Å². The first-order valence-electron chi connectivity index (χ1n) is 19.0. The Morgan fingerprint density at radius 1 is 0.273 bits per heavy atom. The van der Waals surface area contributed by atoms with Crippen LogP contribution in [0.15, 0.2) is 199 Å². The highest BCUT2D eigenvalue weighted by atomic mass is 16.3. The summed E-state index contributed by atoms with van der Waals surface area (Å²) in [6.07, 6.45) is 0. The van der Waals surface area contributed by atoms with Crippen molar-refractivity contribution >= 4 is 86.6 Å². The number of hydrogen-bond donors (Lipinski definition) is 0. The van der Waals surface area contributed by atoms with Crippen LogP contribution in [0, 0.1) is 0 Å². The highest BCUT2D eigenvalue weighted by Crippen LogP contribution is 2.47. The third kappa shape index (κ3) is 4.41. The monoisotopic (exact) mass is 696 g/mol. The van der Waals surface area contributed by atoms with Gasteiger partial charge < -0.3 is 4.42 Å². The molecular formula is C54H32O. The van der Waals surface area contributed by atoms with Gasteiger partial charge in [0.15, 0.2) is 0 Å². The van der Waals surface area contributed by atoms with Gasteiger partial charge in [0.1, 0.15) is 11.2 Å². The number of furan rings is 1. The molecular weight excluding hydrogens is 665 g/mol. The Morgan fingerprint density at radius 3 is 1.49 bits per heavy atom. The summed E-state index contributed by atoms with van der Waals surface area (Å²) in [5.74, 6) is 0. The molecule has 0 spiro atoms. The molecule has 0 atom stereocenters. The van der Waals surface area contributed by atoms with Crippen LogP contribution < -0.4 is 0 Å². The second kappa shape index (κ2) is 11.6. The highest BCUT2D eigenvalue weighted by molar-refractivity contribution is 6.32. The number of benzene rings is 11. The van der Waals surface area contributed by atoms with Gasteiger partial charge >= 0.3 is 0 Å². The van der Waals surface area contributed by atoms with E-state index in [1.54, 1.807) is 0 Å². The van der Waals surface area contributed by atoms with Crippen LogP contribution in [-0.4, -0.2) is 0 Å². The fourth-order valence-electron chi connectivity index (χ4n) is 9.42. The molecule has 0 amide bonds. The fourth-order valence-corrected chi connectivity index (χ4v) is 9.42. The Labute approximate surface area is 317 Å². The number of rotatable bonds is 3. The molecule has 0 bridgehead atoms. The van der Waals surface area contributed by atoms with E-state index in [0.29, 0.717) is 0 Å². The lowest BCUT2D eigenvalue weighted by Gasteiger charge is -2.19. The molecule has 55 heavy (non-hydrogen) atoms. The molecule has 11 aromatic carbocycles. The quantitative estimate of drug-likeness (QED) is 0.132. The SMILES string of the molecule is c1ccc(-c2ccc3c(-c4c5ccccc5c(-c5ccc6oc7c(ccc8c9ccccc9c9ccccc9c87)c6c5)c5ccccc45)cccc3c2)cc1. The van der Waals surface area contributed by atoms with E-state index in [1.807, 2.05) is 0 Å². The summed E-state index contributed by atoms with van der Waals surface area (Å²) in [5.41, 5.74) is 9.26. The maximum absolute atomic E-state index is 6.84. The first-order chi connectivity index (χ1) is 27.3. The molecule has 1 heterocycles. The van der Waals surface area contributed by atoms with Crippen molar-refractivity contribution in [1.82, 2.24) is 0 Å². The molecule has 0 saturated heterocycles. The Balaban J connectivity index is 1.11. The van der Waals surface area contributed by atoms with Crippen molar-refractivity contribution in [2.24, 2.45) is 0 Å². The Kier molecular flexibility index (Phi) is 6.40. The largest absolute Gasteiger partial charge is 0.455 e. The van der Waals surface area contributed by atoms with E-state index in [4.69, 9.17) is 4.42 Å². The minimum atomic E-state index is 0.902. The summed E-state index contributed by atoms with van der Waals surface area (Å²) in [5, 5.41) is 17.1.